The summed E-state index contributed by atoms with van der Waals surface area (Å²) >= 11 is 0. The molecule has 156 valence electrons. The Morgan fingerprint density at radius 1 is 1.34 bits per heavy atom. The van der Waals surface area contributed by atoms with Crippen molar-refractivity contribution in [2.45, 2.75) is 38.9 Å². The van der Waals surface area contributed by atoms with Crippen molar-refractivity contribution >= 4 is 11.9 Å². The van der Waals surface area contributed by atoms with Crippen molar-refractivity contribution in [2.75, 3.05) is 6.54 Å². The first-order valence-electron chi connectivity index (χ1n) is 8.64. The molecule has 0 amide bonds. The molecule has 1 aliphatic rings. The van der Waals surface area contributed by atoms with E-state index in [1.54, 1.807) is 6.92 Å². The SMILES string of the molecule is Cc1nc2c(n1CCN)CCCc1c-2[nH]c(=O)c(C(=O)O)c1OC(=O)C(F)(F)F. The van der Waals surface area contributed by atoms with Gasteiger partial charge in [0.1, 0.15) is 11.5 Å². The van der Waals surface area contributed by atoms with E-state index in [0.717, 1.165) is 0 Å². The van der Waals surface area contributed by atoms with Crippen LogP contribution in [0.4, 0.5) is 13.2 Å². The second-order valence-corrected chi connectivity index (χ2v) is 6.45. The smallest absolute Gasteiger partial charge is 0.477 e. The number of aromatic amines is 1. The lowest BCUT2D eigenvalue weighted by Crippen LogP contribution is -2.31. The molecule has 12 heteroatoms. The average molecular weight is 414 g/mol. The van der Waals surface area contributed by atoms with E-state index in [0.29, 0.717) is 43.1 Å². The summed E-state index contributed by atoms with van der Waals surface area (Å²) in [5.41, 5.74) is 4.38. The van der Waals surface area contributed by atoms with Crippen LogP contribution in [-0.2, 0) is 24.2 Å². The Morgan fingerprint density at radius 3 is 2.62 bits per heavy atom. The molecule has 3 rings (SSSR count). The van der Waals surface area contributed by atoms with Crippen LogP contribution in [0.5, 0.6) is 5.75 Å². The van der Waals surface area contributed by atoms with E-state index in [2.05, 4.69) is 14.7 Å². The third kappa shape index (κ3) is 3.62. The molecule has 0 saturated heterocycles. The maximum atomic E-state index is 12.7. The highest BCUT2D eigenvalue weighted by atomic mass is 19.4. The van der Waals surface area contributed by atoms with Gasteiger partial charge in [0.15, 0.2) is 11.3 Å². The summed E-state index contributed by atoms with van der Waals surface area (Å²) in [6, 6.07) is 0. The summed E-state index contributed by atoms with van der Waals surface area (Å²) in [5.74, 6) is -4.75. The van der Waals surface area contributed by atoms with Gasteiger partial charge < -0.3 is 25.1 Å². The lowest BCUT2D eigenvalue weighted by atomic mass is 10.0. The molecule has 1 aliphatic carbocycles. The molecule has 2 heterocycles. The first kappa shape index (κ1) is 20.6. The van der Waals surface area contributed by atoms with Crippen LogP contribution in [0.3, 0.4) is 0 Å². The van der Waals surface area contributed by atoms with Gasteiger partial charge in [-0.2, -0.15) is 13.2 Å². The number of fused-ring (bicyclic) bond motifs is 3. The Balaban J connectivity index is 2.29. The van der Waals surface area contributed by atoms with Crippen LogP contribution in [0.25, 0.3) is 11.4 Å². The summed E-state index contributed by atoms with van der Waals surface area (Å²) in [7, 11) is 0. The van der Waals surface area contributed by atoms with Gasteiger partial charge in [-0.25, -0.2) is 14.6 Å². The average Bonchev–Trinajstić information content (AvgIpc) is 2.80. The van der Waals surface area contributed by atoms with Crippen molar-refractivity contribution in [1.82, 2.24) is 14.5 Å². The van der Waals surface area contributed by atoms with E-state index in [9.17, 15) is 32.7 Å². The van der Waals surface area contributed by atoms with Crippen LogP contribution in [0, 0.1) is 6.92 Å². The number of carbonyl (C=O) groups is 2. The zero-order valence-electron chi connectivity index (χ0n) is 15.2. The van der Waals surface area contributed by atoms with Crippen LogP contribution >= 0.6 is 0 Å². The molecule has 0 saturated carbocycles. The van der Waals surface area contributed by atoms with Crippen LogP contribution in [0.1, 0.15) is 33.9 Å². The van der Waals surface area contributed by atoms with Crippen molar-refractivity contribution in [2.24, 2.45) is 5.73 Å². The number of carbonyl (C=O) groups excluding carboxylic acids is 1. The number of carboxylic acid groups (broad SMARTS) is 1. The van der Waals surface area contributed by atoms with Gasteiger partial charge in [0, 0.05) is 24.3 Å². The number of aromatic carboxylic acids is 1. The highest BCUT2D eigenvalue weighted by molar-refractivity contribution is 5.94. The molecular formula is C17H17F3N4O5. The molecule has 9 nitrogen and oxygen atoms in total. The summed E-state index contributed by atoms with van der Waals surface area (Å²) in [6.45, 7) is 2.47. The van der Waals surface area contributed by atoms with E-state index in [1.807, 2.05) is 4.57 Å². The zero-order chi connectivity index (χ0) is 21.5. The predicted octanol–water partition coefficient (Wildman–Crippen LogP) is 1.16. The van der Waals surface area contributed by atoms with E-state index < -0.39 is 35.0 Å². The highest BCUT2D eigenvalue weighted by Crippen LogP contribution is 2.37. The summed E-state index contributed by atoms with van der Waals surface area (Å²) in [4.78, 5) is 42.0. The number of imidazole rings is 1. The van der Waals surface area contributed by atoms with Crippen molar-refractivity contribution in [1.29, 1.82) is 0 Å². The van der Waals surface area contributed by atoms with Gasteiger partial charge in [-0.15, -0.1) is 0 Å². The number of ether oxygens (including phenoxy) is 1. The van der Waals surface area contributed by atoms with Gasteiger partial charge in [0.2, 0.25) is 0 Å². The minimum atomic E-state index is -5.36. The molecule has 4 N–H and O–H groups in total. The van der Waals surface area contributed by atoms with E-state index in [4.69, 9.17) is 5.73 Å². The van der Waals surface area contributed by atoms with E-state index in [-0.39, 0.29) is 17.7 Å². The van der Waals surface area contributed by atoms with Crippen LogP contribution in [0.2, 0.25) is 0 Å². The molecular weight excluding hydrogens is 397 g/mol. The molecule has 0 spiro atoms. The maximum absolute atomic E-state index is 12.7. The number of H-pyrrole nitrogens is 1. The predicted molar refractivity (Wildman–Crippen MR) is 92.7 cm³/mol. The van der Waals surface area contributed by atoms with Gasteiger partial charge >= 0.3 is 18.1 Å². The van der Waals surface area contributed by atoms with Gasteiger partial charge in [-0.3, -0.25) is 4.79 Å². The fraction of sp³-hybridized carbons (Fsp3) is 0.412. The number of nitrogens with zero attached hydrogens (tertiary/aromatic N) is 2. The number of alkyl halides is 3. The molecule has 0 fully saturated rings. The Labute approximate surface area is 161 Å². The Morgan fingerprint density at radius 2 is 2.03 bits per heavy atom. The summed E-state index contributed by atoms with van der Waals surface area (Å²) in [6.07, 6.45) is -4.43. The number of pyridine rings is 1. The number of nitrogens with two attached hydrogens (primary N) is 1. The number of nitrogens with one attached hydrogen (secondary N) is 1. The molecule has 2 aromatic rings. The summed E-state index contributed by atoms with van der Waals surface area (Å²) < 4.78 is 44.4. The largest absolute Gasteiger partial charge is 0.491 e. The van der Waals surface area contributed by atoms with Gasteiger partial charge in [0.25, 0.3) is 5.56 Å². The van der Waals surface area contributed by atoms with E-state index in [1.165, 1.54) is 0 Å². The number of hydrogen-bond donors (Lipinski definition) is 3. The highest BCUT2D eigenvalue weighted by Gasteiger charge is 2.43. The van der Waals surface area contributed by atoms with Crippen LogP contribution in [0.15, 0.2) is 4.79 Å². The molecule has 0 bridgehead atoms. The van der Waals surface area contributed by atoms with Crippen molar-refractivity contribution in [3.05, 3.63) is 33.0 Å². The first-order chi connectivity index (χ1) is 13.6. The first-order valence-corrected chi connectivity index (χ1v) is 8.64. The summed E-state index contributed by atoms with van der Waals surface area (Å²) in [5, 5.41) is 9.32. The van der Waals surface area contributed by atoms with Gasteiger partial charge in [0.05, 0.1) is 5.69 Å². The quantitative estimate of drug-likeness (QED) is 0.638. The zero-order valence-corrected chi connectivity index (χ0v) is 15.2. The number of halogens is 3. The fourth-order valence-corrected chi connectivity index (χ4v) is 3.44. The second-order valence-electron chi connectivity index (χ2n) is 6.45. The lowest BCUT2D eigenvalue weighted by molar-refractivity contribution is -0.189. The lowest BCUT2D eigenvalue weighted by Gasteiger charge is -2.15. The monoisotopic (exact) mass is 414 g/mol. The fourth-order valence-electron chi connectivity index (χ4n) is 3.44. The topological polar surface area (TPSA) is 140 Å². The minimum Gasteiger partial charge on any atom is -0.477 e. The van der Waals surface area contributed by atoms with Crippen LogP contribution < -0.4 is 16.0 Å². The molecule has 0 aliphatic heterocycles. The second kappa shape index (κ2) is 7.35. The Hall–Kier alpha value is -3.15. The number of esters is 1. The maximum Gasteiger partial charge on any atom is 0.491 e. The van der Waals surface area contributed by atoms with Crippen molar-refractivity contribution in [3.63, 3.8) is 0 Å². The minimum absolute atomic E-state index is 0.0178. The van der Waals surface area contributed by atoms with Crippen LogP contribution in [-0.4, -0.2) is 44.3 Å². The third-order valence-electron chi connectivity index (χ3n) is 4.60. The number of hydrogen-bond acceptors (Lipinski definition) is 6. The number of aryl methyl sites for hydroxylation is 1. The molecule has 0 aromatic carbocycles. The number of rotatable bonds is 4. The van der Waals surface area contributed by atoms with E-state index >= 15 is 0 Å². The molecule has 29 heavy (non-hydrogen) atoms. The van der Waals surface area contributed by atoms with Crippen molar-refractivity contribution in [3.8, 4) is 17.1 Å². The molecule has 0 unspecified atom stereocenters. The number of aromatic nitrogens is 3. The van der Waals surface area contributed by atoms with Gasteiger partial charge in [-0.1, -0.05) is 0 Å². The Bertz CT molecular complexity index is 1050. The van der Waals surface area contributed by atoms with Gasteiger partial charge in [-0.05, 0) is 26.2 Å². The third-order valence-corrected chi connectivity index (χ3v) is 4.60. The normalized spacial score (nSPS) is 13.4. The molecule has 2 aromatic heterocycles. The number of carboxylic acids is 1. The van der Waals surface area contributed by atoms with Crippen molar-refractivity contribution < 1.29 is 32.6 Å². The standard InChI is InChI=1S/C17H17F3N4O5/c1-7-22-12-9(24(7)6-5-21)4-2-3-8-11(12)23-14(25)10(15(26)27)13(8)29-16(28)17(18,19)20/h2-6,21H2,1H3,(H,23,25)(H,26,27). The Kier molecular flexibility index (Phi) is 5.22. The molecule has 0 atom stereocenters. The molecule has 0 radical (unpaired) electrons.